The molecule has 1 aliphatic heterocycles. The molecule has 1 unspecified atom stereocenters. The molecular weight excluding hydrogens is 236 g/mol. The molecule has 1 aromatic rings. The summed E-state index contributed by atoms with van der Waals surface area (Å²) in [6.45, 7) is 7.49. The molecule has 1 heterocycles. The Morgan fingerprint density at radius 1 is 1.32 bits per heavy atom. The van der Waals surface area contributed by atoms with Crippen molar-refractivity contribution >= 4 is 17.3 Å². The number of hydrogen-bond donors (Lipinski definition) is 1. The van der Waals surface area contributed by atoms with Crippen LogP contribution in [0.1, 0.15) is 40.0 Å². The van der Waals surface area contributed by atoms with Crippen molar-refractivity contribution < 1.29 is 4.79 Å². The zero-order chi connectivity index (χ0) is 13.8. The van der Waals surface area contributed by atoms with Gasteiger partial charge in [0.1, 0.15) is 0 Å². The fraction of sp³-hybridized carbons (Fsp3) is 0.562. The Morgan fingerprint density at radius 3 is 2.63 bits per heavy atom. The Balaban J connectivity index is 2.23. The molecule has 3 heteroatoms. The molecule has 19 heavy (non-hydrogen) atoms. The largest absolute Gasteiger partial charge is 0.380 e. The summed E-state index contributed by atoms with van der Waals surface area (Å²) in [5.41, 5.74) is 2.11. The van der Waals surface area contributed by atoms with Crippen LogP contribution in [0.4, 0.5) is 11.4 Å². The van der Waals surface area contributed by atoms with Crippen LogP contribution in [0.5, 0.6) is 0 Å². The van der Waals surface area contributed by atoms with Crippen molar-refractivity contribution in [2.75, 3.05) is 16.8 Å². The van der Waals surface area contributed by atoms with E-state index in [1.165, 1.54) is 0 Å². The van der Waals surface area contributed by atoms with Crippen molar-refractivity contribution in [2.45, 2.75) is 46.1 Å². The van der Waals surface area contributed by atoms with E-state index in [-0.39, 0.29) is 5.91 Å². The lowest BCUT2D eigenvalue weighted by atomic mass is 10.0. The quantitative estimate of drug-likeness (QED) is 0.876. The van der Waals surface area contributed by atoms with Crippen LogP contribution in [0.2, 0.25) is 0 Å². The molecule has 104 valence electrons. The number of benzene rings is 1. The monoisotopic (exact) mass is 260 g/mol. The van der Waals surface area contributed by atoms with Gasteiger partial charge >= 0.3 is 0 Å². The van der Waals surface area contributed by atoms with Gasteiger partial charge in [0.15, 0.2) is 0 Å². The summed E-state index contributed by atoms with van der Waals surface area (Å²) < 4.78 is 0. The number of nitrogens with zero attached hydrogens (tertiary/aromatic N) is 1. The van der Waals surface area contributed by atoms with E-state index in [0.29, 0.717) is 18.4 Å². The lowest BCUT2D eigenvalue weighted by molar-refractivity contribution is -0.117. The Labute approximate surface area is 116 Å². The van der Waals surface area contributed by atoms with Crippen molar-refractivity contribution in [1.82, 2.24) is 0 Å². The number of para-hydroxylation sites is 2. The number of hydrogen-bond acceptors (Lipinski definition) is 2. The van der Waals surface area contributed by atoms with Gasteiger partial charge in [-0.3, -0.25) is 4.79 Å². The van der Waals surface area contributed by atoms with E-state index < -0.39 is 0 Å². The first-order chi connectivity index (χ1) is 9.13. The van der Waals surface area contributed by atoms with Crippen LogP contribution in [0, 0.1) is 5.92 Å². The normalized spacial score (nSPS) is 17.1. The van der Waals surface area contributed by atoms with Crippen molar-refractivity contribution in [3.05, 3.63) is 24.3 Å². The molecule has 1 atom stereocenters. The van der Waals surface area contributed by atoms with Crippen LogP contribution in [0.3, 0.4) is 0 Å². The van der Waals surface area contributed by atoms with Crippen molar-refractivity contribution in [3.63, 3.8) is 0 Å². The van der Waals surface area contributed by atoms with E-state index >= 15 is 0 Å². The zero-order valence-corrected chi connectivity index (χ0v) is 12.1. The van der Waals surface area contributed by atoms with E-state index in [2.05, 4.69) is 32.2 Å². The highest BCUT2D eigenvalue weighted by Gasteiger charge is 2.24. The fourth-order valence-corrected chi connectivity index (χ4v) is 2.67. The highest BCUT2D eigenvalue weighted by Crippen LogP contribution is 2.30. The molecule has 1 saturated heterocycles. The van der Waals surface area contributed by atoms with E-state index in [0.717, 1.165) is 30.8 Å². The number of anilines is 2. The van der Waals surface area contributed by atoms with Crippen LogP contribution in [0.25, 0.3) is 0 Å². The van der Waals surface area contributed by atoms with Gasteiger partial charge in [0.05, 0.1) is 11.4 Å². The summed E-state index contributed by atoms with van der Waals surface area (Å²) >= 11 is 0. The number of carbonyl (C=O) groups is 1. The summed E-state index contributed by atoms with van der Waals surface area (Å²) in [6.07, 6.45) is 2.73. The fourth-order valence-electron chi connectivity index (χ4n) is 2.67. The molecule has 3 nitrogen and oxygen atoms in total. The van der Waals surface area contributed by atoms with Gasteiger partial charge < -0.3 is 10.2 Å². The first kappa shape index (κ1) is 13.9. The van der Waals surface area contributed by atoms with Crippen LogP contribution >= 0.6 is 0 Å². The average molecular weight is 260 g/mol. The van der Waals surface area contributed by atoms with Gasteiger partial charge in [-0.15, -0.1) is 0 Å². The minimum atomic E-state index is 0.242. The molecule has 0 spiro atoms. The van der Waals surface area contributed by atoms with E-state index in [9.17, 15) is 4.79 Å². The predicted octanol–water partition coefficient (Wildman–Crippen LogP) is 3.66. The Bertz CT molecular complexity index is 442. The molecule has 0 bridgehead atoms. The van der Waals surface area contributed by atoms with Crippen LogP contribution in [-0.4, -0.2) is 18.5 Å². The maximum Gasteiger partial charge on any atom is 0.227 e. The standard InChI is InChI=1S/C16H24N2O/c1-4-13(12(2)3)17-14-8-5-6-9-15(14)18-11-7-10-16(18)19/h5-6,8-9,12-13,17H,4,7,10-11H2,1-3H3. The van der Waals surface area contributed by atoms with E-state index in [4.69, 9.17) is 0 Å². The Morgan fingerprint density at radius 2 is 2.05 bits per heavy atom. The van der Waals surface area contributed by atoms with Gasteiger partial charge in [-0.05, 0) is 30.9 Å². The summed E-state index contributed by atoms with van der Waals surface area (Å²) in [5.74, 6) is 0.819. The average Bonchev–Trinajstić information content (AvgIpc) is 2.82. The predicted molar refractivity (Wildman–Crippen MR) is 80.6 cm³/mol. The maximum absolute atomic E-state index is 11.9. The van der Waals surface area contributed by atoms with Crippen molar-refractivity contribution in [1.29, 1.82) is 0 Å². The van der Waals surface area contributed by atoms with Gasteiger partial charge in [-0.2, -0.15) is 0 Å². The van der Waals surface area contributed by atoms with E-state index in [1.54, 1.807) is 0 Å². The van der Waals surface area contributed by atoms with Gasteiger partial charge in [0.25, 0.3) is 0 Å². The molecular formula is C16H24N2O. The Hall–Kier alpha value is -1.51. The van der Waals surface area contributed by atoms with Gasteiger partial charge in [0.2, 0.25) is 5.91 Å². The van der Waals surface area contributed by atoms with Crippen molar-refractivity contribution in [2.24, 2.45) is 5.92 Å². The van der Waals surface area contributed by atoms with E-state index in [1.807, 2.05) is 23.1 Å². The molecule has 0 radical (unpaired) electrons. The summed E-state index contributed by atoms with van der Waals surface area (Å²) in [5, 5.41) is 3.60. The Kier molecular flexibility index (Phi) is 4.46. The molecule has 0 aromatic heterocycles. The third-order valence-electron chi connectivity index (χ3n) is 3.85. The molecule has 1 aromatic carbocycles. The van der Waals surface area contributed by atoms with Gasteiger partial charge in [-0.1, -0.05) is 32.9 Å². The smallest absolute Gasteiger partial charge is 0.227 e. The minimum Gasteiger partial charge on any atom is -0.380 e. The van der Waals surface area contributed by atoms with Crippen molar-refractivity contribution in [3.8, 4) is 0 Å². The number of amides is 1. The first-order valence-electron chi connectivity index (χ1n) is 7.29. The summed E-state index contributed by atoms with van der Waals surface area (Å²) in [4.78, 5) is 13.8. The number of nitrogens with one attached hydrogen (secondary N) is 1. The molecule has 0 saturated carbocycles. The van der Waals surface area contributed by atoms with Crippen LogP contribution in [0.15, 0.2) is 24.3 Å². The number of rotatable bonds is 5. The molecule has 1 fully saturated rings. The summed E-state index contributed by atoms with van der Waals surface area (Å²) in [6, 6.07) is 8.59. The lowest BCUT2D eigenvalue weighted by Crippen LogP contribution is -2.28. The number of carbonyl (C=O) groups excluding carboxylic acids is 1. The highest BCUT2D eigenvalue weighted by molar-refractivity contribution is 5.98. The lowest BCUT2D eigenvalue weighted by Gasteiger charge is -2.26. The summed E-state index contributed by atoms with van der Waals surface area (Å²) in [7, 11) is 0. The second-order valence-electron chi connectivity index (χ2n) is 5.57. The molecule has 1 N–H and O–H groups in total. The molecule has 2 rings (SSSR count). The topological polar surface area (TPSA) is 32.3 Å². The maximum atomic E-state index is 11.9. The molecule has 1 amide bonds. The minimum absolute atomic E-state index is 0.242. The highest BCUT2D eigenvalue weighted by atomic mass is 16.2. The second kappa shape index (κ2) is 6.09. The molecule has 1 aliphatic rings. The zero-order valence-electron chi connectivity index (χ0n) is 12.1. The van der Waals surface area contributed by atoms with Crippen LogP contribution < -0.4 is 10.2 Å². The third kappa shape index (κ3) is 3.09. The van der Waals surface area contributed by atoms with Crippen LogP contribution in [-0.2, 0) is 4.79 Å². The second-order valence-corrected chi connectivity index (χ2v) is 5.57. The third-order valence-corrected chi connectivity index (χ3v) is 3.85. The molecule has 0 aliphatic carbocycles. The van der Waals surface area contributed by atoms with Gasteiger partial charge in [-0.25, -0.2) is 0 Å². The van der Waals surface area contributed by atoms with Gasteiger partial charge in [0, 0.05) is 19.0 Å². The SMILES string of the molecule is CCC(Nc1ccccc1N1CCCC1=O)C(C)C. The first-order valence-corrected chi connectivity index (χ1v) is 7.29.